The molecule has 1 aliphatic rings. The van der Waals surface area contributed by atoms with Gasteiger partial charge < -0.3 is 10.1 Å². The van der Waals surface area contributed by atoms with Gasteiger partial charge in [0.25, 0.3) is 0 Å². The van der Waals surface area contributed by atoms with Crippen molar-refractivity contribution >= 4 is 33.1 Å². The molecule has 1 N–H and O–H groups in total. The Balaban J connectivity index is 1.55. The average molecular weight is 342 g/mol. The van der Waals surface area contributed by atoms with Crippen LogP contribution in [0, 0.1) is 12.8 Å². The molecule has 3 aromatic rings. The standard InChI is InChI=1S/C17H18N4O2S/c1-10-19-13-9-11(3-4-15(13)24-10)20-17(22)12-6-8-23-16(12)14-5-7-18-21(14)2/h3-5,7,9,12,16H,6,8H2,1-2H3,(H,20,22)/t12-,16-/m1/s1. The number of rotatable bonds is 3. The zero-order chi connectivity index (χ0) is 16.7. The molecule has 24 heavy (non-hydrogen) atoms. The molecule has 6 nitrogen and oxygen atoms in total. The number of aryl methyl sites for hydroxylation is 2. The number of amides is 1. The number of fused-ring (bicyclic) bond motifs is 1. The minimum absolute atomic E-state index is 0.0231. The second-order valence-corrected chi connectivity index (χ2v) is 7.21. The topological polar surface area (TPSA) is 69.0 Å². The Kier molecular flexibility index (Phi) is 3.82. The molecular weight excluding hydrogens is 324 g/mol. The first-order valence-electron chi connectivity index (χ1n) is 7.89. The Morgan fingerprint density at radius 1 is 1.42 bits per heavy atom. The van der Waals surface area contributed by atoms with Crippen LogP contribution in [-0.4, -0.2) is 27.3 Å². The largest absolute Gasteiger partial charge is 0.371 e. The molecule has 0 spiro atoms. The lowest BCUT2D eigenvalue weighted by Gasteiger charge is -2.18. The molecular formula is C17H18N4O2S. The number of carbonyl (C=O) groups excluding carboxylic acids is 1. The van der Waals surface area contributed by atoms with E-state index in [4.69, 9.17) is 4.74 Å². The fourth-order valence-corrected chi connectivity index (χ4v) is 3.98. The fraction of sp³-hybridized carbons (Fsp3) is 0.353. The van der Waals surface area contributed by atoms with Crippen molar-refractivity contribution < 1.29 is 9.53 Å². The van der Waals surface area contributed by atoms with E-state index in [0.717, 1.165) is 26.6 Å². The quantitative estimate of drug-likeness (QED) is 0.794. The van der Waals surface area contributed by atoms with Gasteiger partial charge in [-0.2, -0.15) is 5.10 Å². The van der Waals surface area contributed by atoms with E-state index >= 15 is 0 Å². The summed E-state index contributed by atoms with van der Waals surface area (Å²) in [7, 11) is 1.87. The second-order valence-electron chi connectivity index (χ2n) is 5.97. The Morgan fingerprint density at radius 3 is 3.08 bits per heavy atom. The van der Waals surface area contributed by atoms with E-state index in [9.17, 15) is 4.79 Å². The van der Waals surface area contributed by atoms with Crippen LogP contribution in [-0.2, 0) is 16.6 Å². The van der Waals surface area contributed by atoms with Gasteiger partial charge in [-0.05, 0) is 37.6 Å². The van der Waals surface area contributed by atoms with Gasteiger partial charge in [0.1, 0.15) is 6.10 Å². The molecule has 1 aromatic carbocycles. The summed E-state index contributed by atoms with van der Waals surface area (Å²) in [6.07, 6.45) is 2.19. The number of ether oxygens (including phenoxy) is 1. The molecule has 0 bridgehead atoms. The third-order valence-electron chi connectivity index (χ3n) is 4.34. The summed E-state index contributed by atoms with van der Waals surface area (Å²) in [4.78, 5) is 17.2. The molecule has 1 fully saturated rings. The summed E-state index contributed by atoms with van der Waals surface area (Å²) >= 11 is 1.65. The van der Waals surface area contributed by atoms with E-state index in [1.54, 1.807) is 22.2 Å². The van der Waals surface area contributed by atoms with Crippen molar-refractivity contribution in [3.8, 4) is 0 Å². The summed E-state index contributed by atoms with van der Waals surface area (Å²) in [6, 6.07) is 7.75. The number of benzene rings is 1. The van der Waals surface area contributed by atoms with E-state index in [-0.39, 0.29) is 17.9 Å². The average Bonchev–Trinajstić information content (AvgIpc) is 3.24. The summed E-state index contributed by atoms with van der Waals surface area (Å²) in [5, 5.41) is 8.21. The third kappa shape index (κ3) is 2.70. The molecule has 2 atom stereocenters. The molecule has 1 saturated heterocycles. The van der Waals surface area contributed by atoms with Crippen LogP contribution in [0.2, 0.25) is 0 Å². The van der Waals surface area contributed by atoms with Crippen LogP contribution >= 0.6 is 11.3 Å². The van der Waals surface area contributed by atoms with Crippen LogP contribution in [0.5, 0.6) is 0 Å². The number of anilines is 1. The van der Waals surface area contributed by atoms with Crippen molar-refractivity contribution in [3.05, 3.63) is 41.2 Å². The molecule has 0 aliphatic carbocycles. The predicted molar refractivity (Wildman–Crippen MR) is 93.0 cm³/mol. The van der Waals surface area contributed by atoms with Crippen molar-refractivity contribution in [2.45, 2.75) is 19.4 Å². The maximum atomic E-state index is 12.7. The first kappa shape index (κ1) is 15.3. The Morgan fingerprint density at radius 2 is 2.29 bits per heavy atom. The summed E-state index contributed by atoms with van der Waals surface area (Å²) < 4.78 is 8.68. The van der Waals surface area contributed by atoms with Gasteiger partial charge in [-0.1, -0.05) is 0 Å². The molecule has 124 valence electrons. The summed E-state index contributed by atoms with van der Waals surface area (Å²) in [5.74, 6) is -0.238. The van der Waals surface area contributed by atoms with E-state index in [2.05, 4.69) is 15.4 Å². The van der Waals surface area contributed by atoms with Crippen molar-refractivity contribution in [1.82, 2.24) is 14.8 Å². The molecule has 2 aromatic heterocycles. The zero-order valence-corrected chi connectivity index (χ0v) is 14.3. The highest BCUT2D eigenvalue weighted by atomic mass is 32.1. The van der Waals surface area contributed by atoms with Gasteiger partial charge in [-0.25, -0.2) is 4.98 Å². The Bertz CT molecular complexity index is 901. The normalized spacial score (nSPS) is 20.6. The highest BCUT2D eigenvalue weighted by Crippen LogP contribution is 2.35. The van der Waals surface area contributed by atoms with Crippen LogP contribution < -0.4 is 5.32 Å². The molecule has 0 radical (unpaired) electrons. The SMILES string of the molecule is Cc1nc2cc(NC(=O)[C@@H]3CCO[C@H]3c3ccnn3C)ccc2s1. The monoisotopic (exact) mass is 342 g/mol. The van der Waals surface area contributed by atoms with Gasteiger partial charge in [-0.3, -0.25) is 9.48 Å². The number of hydrogen-bond donors (Lipinski definition) is 1. The fourth-order valence-electron chi connectivity index (χ4n) is 3.17. The van der Waals surface area contributed by atoms with Gasteiger partial charge in [0, 0.05) is 25.5 Å². The second kappa shape index (κ2) is 5.99. The van der Waals surface area contributed by atoms with Crippen LogP contribution in [0.1, 0.15) is 23.2 Å². The van der Waals surface area contributed by atoms with E-state index in [0.29, 0.717) is 13.0 Å². The predicted octanol–water partition coefficient (Wildman–Crippen LogP) is 3.05. The molecule has 1 aliphatic heterocycles. The first-order valence-corrected chi connectivity index (χ1v) is 8.71. The number of nitrogens with zero attached hydrogens (tertiary/aromatic N) is 3. The third-order valence-corrected chi connectivity index (χ3v) is 5.29. The van der Waals surface area contributed by atoms with Crippen LogP contribution in [0.4, 0.5) is 5.69 Å². The van der Waals surface area contributed by atoms with Gasteiger partial charge >= 0.3 is 0 Å². The lowest BCUT2D eigenvalue weighted by molar-refractivity contribution is -0.121. The maximum absolute atomic E-state index is 12.7. The molecule has 3 heterocycles. The van der Waals surface area contributed by atoms with Gasteiger partial charge in [0.05, 0.1) is 26.8 Å². The van der Waals surface area contributed by atoms with Crippen LogP contribution in [0.25, 0.3) is 10.2 Å². The number of carbonyl (C=O) groups is 1. The van der Waals surface area contributed by atoms with Crippen LogP contribution in [0.3, 0.4) is 0 Å². The molecule has 7 heteroatoms. The van der Waals surface area contributed by atoms with Crippen molar-refractivity contribution in [2.24, 2.45) is 13.0 Å². The number of aromatic nitrogens is 3. The number of nitrogens with one attached hydrogen (secondary N) is 1. The zero-order valence-electron chi connectivity index (χ0n) is 13.5. The molecule has 1 amide bonds. The Hall–Kier alpha value is -2.25. The van der Waals surface area contributed by atoms with E-state index < -0.39 is 0 Å². The summed E-state index contributed by atoms with van der Waals surface area (Å²) in [5.41, 5.74) is 2.62. The minimum atomic E-state index is -0.247. The number of thiazole rings is 1. The van der Waals surface area contributed by atoms with Gasteiger partial charge in [0.2, 0.25) is 5.91 Å². The van der Waals surface area contributed by atoms with Crippen molar-refractivity contribution in [1.29, 1.82) is 0 Å². The van der Waals surface area contributed by atoms with E-state index in [1.807, 2.05) is 38.2 Å². The molecule has 4 rings (SSSR count). The molecule has 0 saturated carbocycles. The lowest BCUT2D eigenvalue weighted by atomic mass is 9.98. The maximum Gasteiger partial charge on any atom is 0.230 e. The van der Waals surface area contributed by atoms with E-state index in [1.165, 1.54) is 0 Å². The minimum Gasteiger partial charge on any atom is -0.371 e. The van der Waals surface area contributed by atoms with Gasteiger partial charge in [-0.15, -0.1) is 11.3 Å². The highest BCUT2D eigenvalue weighted by molar-refractivity contribution is 7.18. The first-order chi connectivity index (χ1) is 11.6. The van der Waals surface area contributed by atoms with Gasteiger partial charge in [0.15, 0.2) is 0 Å². The van der Waals surface area contributed by atoms with Crippen molar-refractivity contribution in [2.75, 3.05) is 11.9 Å². The van der Waals surface area contributed by atoms with Crippen molar-refractivity contribution in [3.63, 3.8) is 0 Å². The highest BCUT2D eigenvalue weighted by Gasteiger charge is 2.36. The summed E-state index contributed by atoms with van der Waals surface area (Å²) in [6.45, 7) is 2.57. The Labute approximate surface area is 143 Å². The smallest absolute Gasteiger partial charge is 0.230 e. The lowest BCUT2D eigenvalue weighted by Crippen LogP contribution is -2.26. The molecule has 0 unspecified atom stereocenters. The van der Waals surface area contributed by atoms with Crippen LogP contribution in [0.15, 0.2) is 30.5 Å². The number of hydrogen-bond acceptors (Lipinski definition) is 5.